The highest BCUT2D eigenvalue weighted by Gasteiger charge is 2.07. The molecule has 1 aromatic rings. The number of nitrogens with two attached hydrogens (primary N) is 1. The van der Waals surface area contributed by atoms with E-state index in [9.17, 15) is 4.79 Å². The van der Waals surface area contributed by atoms with Crippen molar-refractivity contribution in [2.24, 2.45) is 5.73 Å². The molecule has 4 nitrogen and oxygen atoms in total. The second-order valence-corrected chi connectivity index (χ2v) is 2.66. The van der Waals surface area contributed by atoms with Gasteiger partial charge in [-0.15, -0.1) is 0 Å². The molecular weight excluding hydrogens is 168 g/mol. The van der Waals surface area contributed by atoms with E-state index >= 15 is 0 Å². The van der Waals surface area contributed by atoms with Gasteiger partial charge in [0.05, 0.1) is 11.7 Å². The summed E-state index contributed by atoms with van der Waals surface area (Å²) in [6, 6.07) is 5.11. The number of pyridine rings is 1. The molecule has 0 aliphatic carbocycles. The summed E-state index contributed by atoms with van der Waals surface area (Å²) in [6.07, 6.45) is 1.66. The molecule has 1 aromatic heterocycles. The molecule has 4 heteroatoms. The average Bonchev–Trinajstić information content (AvgIpc) is 2.15. The van der Waals surface area contributed by atoms with E-state index in [-0.39, 0.29) is 18.6 Å². The first kappa shape index (κ1) is 9.67. The van der Waals surface area contributed by atoms with E-state index < -0.39 is 0 Å². The molecule has 1 atom stereocenters. The lowest BCUT2D eigenvalue weighted by Gasteiger charge is -2.09. The van der Waals surface area contributed by atoms with Gasteiger partial charge in [0.25, 0.3) is 0 Å². The summed E-state index contributed by atoms with van der Waals surface area (Å²) >= 11 is 0. The SMILES string of the molecule is CC(=O)OCC(N)c1ccccn1. The van der Waals surface area contributed by atoms with Crippen molar-refractivity contribution in [3.63, 3.8) is 0 Å². The molecule has 70 valence electrons. The molecule has 0 radical (unpaired) electrons. The Balaban J connectivity index is 2.49. The highest BCUT2D eigenvalue weighted by molar-refractivity contribution is 5.65. The lowest BCUT2D eigenvalue weighted by Crippen LogP contribution is -2.19. The number of hydrogen-bond donors (Lipinski definition) is 1. The maximum absolute atomic E-state index is 10.5. The van der Waals surface area contributed by atoms with Crippen molar-refractivity contribution in [3.05, 3.63) is 30.1 Å². The minimum Gasteiger partial charge on any atom is -0.464 e. The molecule has 1 unspecified atom stereocenters. The molecule has 1 rings (SSSR count). The van der Waals surface area contributed by atoms with Crippen molar-refractivity contribution in [1.82, 2.24) is 4.98 Å². The van der Waals surface area contributed by atoms with E-state index in [4.69, 9.17) is 10.5 Å². The lowest BCUT2D eigenvalue weighted by atomic mass is 10.2. The van der Waals surface area contributed by atoms with Gasteiger partial charge in [-0.1, -0.05) is 6.07 Å². The number of ether oxygens (including phenoxy) is 1. The molecule has 0 aliphatic rings. The first-order valence-corrected chi connectivity index (χ1v) is 4.00. The van der Waals surface area contributed by atoms with Crippen molar-refractivity contribution in [2.45, 2.75) is 13.0 Å². The van der Waals surface area contributed by atoms with Crippen molar-refractivity contribution in [1.29, 1.82) is 0 Å². The molecule has 2 N–H and O–H groups in total. The van der Waals surface area contributed by atoms with Gasteiger partial charge < -0.3 is 10.5 Å². The number of hydrogen-bond acceptors (Lipinski definition) is 4. The number of carbonyl (C=O) groups is 1. The zero-order valence-electron chi connectivity index (χ0n) is 7.43. The third-order valence-corrected chi connectivity index (χ3v) is 1.53. The molecule has 0 spiro atoms. The first-order valence-electron chi connectivity index (χ1n) is 4.00. The van der Waals surface area contributed by atoms with Crippen LogP contribution in [0.2, 0.25) is 0 Å². The van der Waals surface area contributed by atoms with Crippen LogP contribution in [0.1, 0.15) is 18.7 Å². The van der Waals surface area contributed by atoms with E-state index in [1.165, 1.54) is 6.92 Å². The minimum atomic E-state index is -0.343. The van der Waals surface area contributed by atoms with Gasteiger partial charge >= 0.3 is 5.97 Å². The smallest absolute Gasteiger partial charge is 0.302 e. The van der Waals surface area contributed by atoms with Gasteiger partial charge in [0.2, 0.25) is 0 Å². The van der Waals surface area contributed by atoms with Crippen molar-refractivity contribution < 1.29 is 9.53 Å². The Morgan fingerprint density at radius 3 is 3.00 bits per heavy atom. The van der Waals surface area contributed by atoms with Gasteiger partial charge in [0.1, 0.15) is 6.61 Å². The Hall–Kier alpha value is -1.42. The van der Waals surface area contributed by atoms with Crippen LogP contribution in [0.4, 0.5) is 0 Å². The summed E-state index contributed by atoms with van der Waals surface area (Å²) < 4.78 is 4.75. The monoisotopic (exact) mass is 180 g/mol. The van der Waals surface area contributed by atoms with Gasteiger partial charge in [-0.2, -0.15) is 0 Å². The molecule has 0 saturated carbocycles. The normalized spacial score (nSPS) is 12.2. The van der Waals surface area contributed by atoms with E-state index in [2.05, 4.69) is 4.98 Å². The lowest BCUT2D eigenvalue weighted by molar-refractivity contribution is -0.141. The summed E-state index contributed by atoms with van der Waals surface area (Å²) in [4.78, 5) is 14.5. The van der Waals surface area contributed by atoms with Crippen LogP contribution in [0.5, 0.6) is 0 Å². The molecule has 13 heavy (non-hydrogen) atoms. The molecule has 0 amide bonds. The summed E-state index contributed by atoms with van der Waals surface area (Å²) in [5, 5.41) is 0. The van der Waals surface area contributed by atoms with Gasteiger partial charge in [0, 0.05) is 13.1 Å². The topological polar surface area (TPSA) is 65.2 Å². The van der Waals surface area contributed by atoms with Crippen molar-refractivity contribution in [3.8, 4) is 0 Å². The Morgan fingerprint density at radius 1 is 1.69 bits per heavy atom. The van der Waals surface area contributed by atoms with Crippen LogP contribution >= 0.6 is 0 Å². The van der Waals surface area contributed by atoms with E-state index in [0.717, 1.165) is 5.69 Å². The quantitative estimate of drug-likeness (QED) is 0.693. The van der Waals surface area contributed by atoms with Crippen LogP contribution in [0, 0.1) is 0 Å². The molecule has 1 heterocycles. The molecule has 0 aliphatic heterocycles. The molecule has 0 bridgehead atoms. The number of nitrogens with zero attached hydrogens (tertiary/aromatic N) is 1. The Labute approximate surface area is 76.7 Å². The Bertz CT molecular complexity index is 274. The van der Waals surface area contributed by atoms with Crippen molar-refractivity contribution in [2.75, 3.05) is 6.61 Å². The van der Waals surface area contributed by atoms with Crippen LogP contribution in [0.15, 0.2) is 24.4 Å². The van der Waals surface area contributed by atoms with Crippen molar-refractivity contribution >= 4 is 5.97 Å². The van der Waals surface area contributed by atoms with Crippen LogP contribution < -0.4 is 5.73 Å². The van der Waals surface area contributed by atoms with Crippen LogP contribution in [0.25, 0.3) is 0 Å². The minimum absolute atomic E-state index is 0.173. The zero-order valence-corrected chi connectivity index (χ0v) is 7.43. The van der Waals surface area contributed by atoms with Gasteiger partial charge in [-0.05, 0) is 12.1 Å². The second kappa shape index (κ2) is 4.57. The predicted molar refractivity (Wildman–Crippen MR) is 47.8 cm³/mol. The summed E-state index contributed by atoms with van der Waals surface area (Å²) in [5.74, 6) is -0.327. The standard InChI is InChI=1S/C9H12N2O2/c1-7(12)13-6-8(10)9-4-2-3-5-11-9/h2-5,8H,6,10H2,1H3. The fourth-order valence-electron chi connectivity index (χ4n) is 0.888. The summed E-state index contributed by atoms with van der Waals surface area (Å²) in [7, 11) is 0. The molecular formula is C9H12N2O2. The van der Waals surface area contributed by atoms with Crippen LogP contribution in [-0.2, 0) is 9.53 Å². The average molecular weight is 180 g/mol. The number of carbonyl (C=O) groups excluding carboxylic acids is 1. The third kappa shape index (κ3) is 3.21. The van der Waals surface area contributed by atoms with E-state index in [0.29, 0.717) is 0 Å². The van der Waals surface area contributed by atoms with E-state index in [1.54, 1.807) is 12.3 Å². The Kier molecular flexibility index (Phi) is 3.40. The first-order chi connectivity index (χ1) is 6.20. The Morgan fingerprint density at radius 2 is 2.46 bits per heavy atom. The summed E-state index contributed by atoms with van der Waals surface area (Å²) in [5.41, 5.74) is 6.43. The maximum atomic E-state index is 10.5. The fourth-order valence-corrected chi connectivity index (χ4v) is 0.888. The van der Waals surface area contributed by atoms with E-state index in [1.807, 2.05) is 12.1 Å². The van der Waals surface area contributed by atoms with Crippen LogP contribution in [-0.4, -0.2) is 17.6 Å². The molecule has 0 aromatic carbocycles. The second-order valence-electron chi connectivity index (χ2n) is 2.66. The van der Waals surface area contributed by atoms with Gasteiger partial charge in [-0.3, -0.25) is 9.78 Å². The largest absolute Gasteiger partial charge is 0.464 e. The fraction of sp³-hybridized carbons (Fsp3) is 0.333. The van der Waals surface area contributed by atoms with Gasteiger partial charge in [0.15, 0.2) is 0 Å². The highest BCUT2D eigenvalue weighted by Crippen LogP contribution is 2.05. The number of aromatic nitrogens is 1. The predicted octanol–water partition coefficient (Wildman–Crippen LogP) is 0.644. The molecule has 0 fully saturated rings. The number of esters is 1. The third-order valence-electron chi connectivity index (χ3n) is 1.53. The number of rotatable bonds is 3. The highest BCUT2D eigenvalue weighted by atomic mass is 16.5. The maximum Gasteiger partial charge on any atom is 0.302 e. The zero-order chi connectivity index (χ0) is 9.68. The summed E-state index contributed by atoms with van der Waals surface area (Å²) in [6.45, 7) is 1.53. The molecule has 0 saturated heterocycles. The van der Waals surface area contributed by atoms with Gasteiger partial charge in [-0.25, -0.2) is 0 Å². The van der Waals surface area contributed by atoms with Crippen LogP contribution in [0.3, 0.4) is 0 Å².